The monoisotopic (exact) mass is 327 g/mol. The van der Waals surface area contributed by atoms with Crippen LogP contribution in [0, 0.1) is 6.92 Å². The van der Waals surface area contributed by atoms with E-state index in [0.29, 0.717) is 20.9 Å². The van der Waals surface area contributed by atoms with Crippen LogP contribution >= 0.6 is 27.3 Å². The minimum atomic E-state index is -0.253. The van der Waals surface area contributed by atoms with Crippen molar-refractivity contribution >= 4 is 38.3 Å². The van der Waals surface area contributed by atoms with E-state index in [2.05, 4.69) is 31.4 Å². The van der Waals surface area contributed by atoms with Crippen LogP contribution in [0.3, 0.4) is 0 Å². The molecule has 94 valence electrons. The van der Waals surface area contributed by atoms with Crippen LogP contribution in [0.2, 0.25) is 0 Å². The predicted octanol–water partition coefficient (Wildman–Crippen LogP) is 2.87. The van der Waals surface area contributed by atoms with Crippen LogP contribution in [-0.4, -0.2) is 23.2 Å². The standard InChI is InChI=1S/C11H10BrN3O2S/c1-6-14-15-11(18-6)13-10(16)8-5-7(17-2)3-4-9(8)12/h3-5H,1-2H3,(H,13,15,16). The molecule has 0 unspecified atom stereocenters. The van der Waals surface area contributed by atoms with Crippen molar-refractivity contribution in [2.75, 3.05) is 12.4 Å². The molecule has 1 amide bonds. The number of aryl methyl sites for hydroxylation is 1. The zero-order chi connectivity index (χ0) is 13.1. The van der Waals surface area contributed by atoms with Crippen molar-refractivity contribution in [2.45, 2.75) is 6.92 Å². The van der Waals surface area contributed by atoms with E-state index in [9.17, 15) is 4.79 Å². The van der Waals surface area contributed by atoms with Crippen LogP contribution in [0.5, 0.6) is 5.75 Å². The van der Waals surface area contributed by atoms with Gasteiger partial charge in [-0.1, -0.05) is 11.3 Å². The molecule has 0 saturated heterocycles. The summed E-state index contributed by atoms with van der Waals surface area (Å²) in [4.78, 5) is 12.1. The summed E-state index contributed by atoms with van der Waals surface area (Å²) in [5.41, 5.74) is 0.488. The van der Waals surface area contributed by atoms with Crippen LogP contribution in [0.15, 0.2) is 22.7 Å². The highest BCUT2D eigenvalue weighted by atomic mass is 79.9. The molecule has 0 aliphatic heterocycles. The number of methoxy groups -OCH3 is 1. The van der Waals surface area contributed by atoms with Gasteiger partial charge in [-0.2, -0.15) is 0 Å². The predicted molar refractivity (Wildman–Crippen MR) is 73.3 cm³/mol. The van der Waals surface area contributed by atoms with Crippen molar-refractivity contribution in [3.8, 4) is 5.75 Å². The molecule has 0 saturated carbocycles. The first-order valence-electron chi connectivity index (χ1n) is 5.05. The molecule has 0 aliphatic rings. The third kappa shape index (κ3) is 2.85. The Bertz CT molecular complexity index is 585. The smallest absolute Gasteiger partial charge is 0.258 e. The first kappa shape index (κ1) is 13.0. The number of carbonyl (C=O) groups is 1. The van der Waals surface area contributed by atoms with Gasteiger partial charge in [0.15, 0.2) is 0 Å². The highest BCUT2D eigenvalue weighted by molar-refractivity contribution is 9.10. The molecule has 0 bridgehead atoms. The number of carbonyl (C=O) groups excluding carboxylic acids is 1. The molecule has 0 atom stereocenters. The third-order valence-corrected chi connectivity index (χ3v) is 3.61. The normalized spacial score (nSPS) is 10.2. The quantitative estimate of drug-likeness (QED) is 0.941. The Kier molecular flexibility index (Phi) is 3.93. The molecule has 5 nitrogen and oxygen atoms in total. The Balaban J connectivity index is 2.23. The molecule has 1 heterocycles. The molecule has 0 spiro atoms. The van der Waals surface area contributed by atoms with E-state index in [4.69, 9.17) is 4.74 Å². The Hall–Kier alpha value is -1.47. The molecule has 1 N–H and O–H groups in total. The Morgan fingerprint density at radius 3 is 2.83 bits per heavy atom. The van der Waals surface area contributed by atoms with Gasteiger partial charge in [-0.15, -0.1) is 10.2 Å². The Labute approximate surface area is 116 Å². The average Bonchev–Trinajstić information content (AvgIpc) is 2.75. The summed E-state index contributed by atoms with van der Waals surface area (Å²) in [6.45, 7) is 1.83. The maximum atomic E-state index is 12.1. The second kappa shape index (κ2) is 5.45. The lowest BCUT2D eigenvalue weighted by Crippen LogP contribution is -2.12. The first-order chi connectivity index (χ1) is 8.60. The Morgan fingerprint density at radius 1 is 1.44 bits per heavy atom. The van der Waals surface area contributed by atoms with Gasteiger partial charge in [0, 0.05) is 4.47 Å². The molecular formula is C11H10BrN3O2S. The number of anilines is 1. The van der Waals surface area contributed by atoms with E-state index in [-0.39, 0.29) is 5.91 Å². The minimum Gasteiger partial charge on any atom is -0.497 e. The van der Waals surface area contributed by atoms with Gasteiger partial charge in [0.25, 0.3) is 5.91 Å². The molecule has 0 radical (unpaired) electrons. The van der Waals surface area contributed by atoms with Crippen molar-refractivity contribution in [3.05, 3.63) is 33.2 Å². The number of amides is 1. The SMILES string of the molecule is COc1ccc(Br)c(C(=O)Nc2nnc(C)s2)c1. The summed E-state index contributed by atoms with van der Waals surface area (Å²) in [7, 11) is 1.55. The van der Waals surface area contributed by atoms with E-state index >= 15 is 0 Å². The minimum absolute atomic E-state index is 0.253. The van der Waals surface area contributed by atoms with Crippen LogP contribution in [0.25, 0.3) is 0 Å². The maximum absolute atomic E-state index is 12.1. The third-order valence-electron chi connectivity index (χ3n) is 2.16. The number of nitrogens with one attached hydrogen (secondary N) is 1. The zero-order valence-electron chi connectivity index (χ0n) is 9.73. The van der Waals surface area contributed by atoms with Gasteiger partial charge in [-0.25, -0.2) is 0 Å². The lowest BCUT2D eigenvalue weighted by Gasteiger charge is -2.06. The second-order valence-electron chi connectivity index (χ2n) is 3.43. The van der Waals surface area contributed by atoms with Gasteiger partial charge < -0.3 is 4.74 Å². The molecule has 0 aliphatic carbocycles. The zero-order valence-corrected chi connectivity index (χ0v) is 12.1. The number of hydrogen-bond donors (Lipinski definition) is 1. The highest BCUT2D eigenvalue weighted by Crippen LogP contribution is 2.24. The van der Waals surface area contributed by atoms with E-state index in [0.717, 1.165) is 5.01 Å². The topological polar surface area (TPSA) is 64.1 Å². The number of nitrogens with zero attached hydrogens (tertiary/aromatic N) is 2. The lowest BCUT2D eigenvalue weighted by molar-refractivity contribution is 0.102. The van der Waals surface area contributed by atoms with Crippen LogP contribution in [0.4, 0.5) is 5.13 Å². The van der Waals surface area contributed by atoms with Gasteiger partial charge in [0.05, 0.1) is 12.7 Å². The van der Waals surface area contributed by atoms with Crippen LogP contribution in [0.1, 0.15) is 15.4 Å². The van der Waals surface area contributed by atoms with Gasteiger partial charge >= 0.3 is 0 Å². The van der Waals surface area contributed by atoms with Crippen molar-refractivity contribution in [3.63, 3.8) is 0 Å². The maximum Gasteiger partial charge on any atom is 0.258 e. The number of hydrogen-bond acceptors (Lipinski definition) is 5. The second-order valence-corrected chi connectivity index (χ2v) is 5.46. The summed E-state index contributed by atoms with van der Waals surface area (Å²) < 4.78 is 5.78. The summed E-state index contributed by atoms with van der Waals surface area (Å²) in [6, 6.07) is 5.20. The van der Waals surface area contributed by atoms with Crippen LogP contribution in [-0.2, 0) is 0 Å². The van der Waals surface area contributed by atoms with Crippen LogP contribution < -0.4 is 10.1 Å². The number of aromatic nitrogens is 2. The fraction of sp³-hybridized carbons (Fsp3) is 0.182. The summed E-state index contributed by atoms with van der Waals surface area (Å²) in [5.74, 6) is 0.369. The van der Waals surface area contributed by atoms with Crippen molar-refractivity contribution in [1.29, 1.82) is 0 Å². The number of benzene rings is 1. The van der Waals surface area contributed by atoms with Crippen molar-refractivity contribution < 1.29 is 9.53 Å². The van der Waals surface area contributed by atoms with E-state index in [1.807, 2.05) is 6.92 Å². The summed E-state index contributed by atoms with van der Waals surface area (Å²) >= 11 is 4.66. The molecule has 7 heteroatoms. The van der Waals surface area contributed by atoms with Gasteiger partial charge in [-0.05, 0) is 41.1 Å². The van der Waals surface area contributed by atoms with Gasteiger partial charge in [0.2, 0.25) is 5.13 Å². The fourth-order valence-electron chi connectivity index (χ4n) is 1.32. The lowest BCUT2D eigenvalue weighted by atomic mass is 10.2. The summed E-state index contributed by atoms with van der Waals surface area (Å²) in [6.07, 6.45) is 0. The molecule has 2 aromatic rings. The Morgan fingerprint density at radius 2 is 2.22 bits per heavy atom. The largest absolute Gasteiger partial charge is 0.497 e. The number of halogens is 1. The number of ether oxygens (including phenoxy) is 1. The molecule has 18 heavy (non-hydrogen) atoms. The van der Waals surface area contributed by atoms with Gasteiger partial charge in [0.1, 0.15) is 10.8 Å². The van der Waals surface area contributed by atoms with E-state index in [1.165, 1.54) is 11.3 Å². The summed E-state index contributed by atoms with van der Waals surface area (Å²) in [5, 5.41) is 11.7. The first-order valence-corrected chi connectivity index (χ1v) is 6.66. The average molecular weight is 328 g/mol. The van der Waals surface area contributed by atoms with Crippen molar-refractivity contribution in [1.82, 2.24) is 10.2 Å². The molecule has 0 fully saturated rings. The van der Waals surface area contributed by atoms with E-state index in [1.54, 1.807) is 25.3 Å². The molecule has 1 aromatic heterocycles. The molecular weight excluding hydrogens is 318 g/mol. The molecule has 1 aromatic carbocycles. The molecule has 2 rings (SSSR count). The highest BCUT2D eigenvalue weighted by Gasteiger charge is 2.13. The fourth-order valence-corrected chi connectivity index (χ4v) is 2.33. The van der Waals surface area contributed by atoms with Crippen molar-refractivity contribution in [2.24, 2.45) is 0 Å². The van der Waals surface area contributed by atoms with Gasteiger partial charge in [-0.3, -0.25) is 10.1 Å². The number of rotatable bonds is 3. The van der Waals surface area contributed by atoms with E-state index < -0.39 is 0 Å².